The van der Waals surface area contributed by atoms with E-state index < -0.39 is 0 Å². The summed E-state index contributed by atoms with van der Waals surface area (Å²) < 4.78 is 2.49. The fourth-order valence-corrected chi connectivity index (χ4v) is 7.59. The van der Waals surface area contributed by atoms with Crippen LogP contribution in [0.1, 0.15) is 25.0 Å². The highest BCUT2D eigenvalue weighted by Crippen LogP contribution is 2.54. The van der Waals surface area contributed by atoms with E-state index in [1.165, 1.54) is 82.1 Å². The van der Waals surface area contributed by atoms with Gasteiger partial charge in [0.1, 0.15) is 0 Å². The first-order valence-corrected chi connectivity index (χ1v) is 14.1. The molecule has 0 unspecified atom stereocenters. The Hall–Kier alpha value is -4.88. The average molecular weight is 510 g/mol. The highest BCUT2D eigenvalue weighted by Gasteiger charge is 2.39. The number of aromatic nitrogens is 1. The maximum atomic E-state index is 2.50. The first-order chi connectivity index (χ1) is 19.6. The Bertz CT molecular complexity index is 2330. The molecule has 1 heterocycles. The van der Waals surface area contributed by atoms with Crippen LogP contribution in [0.5, 0.6) is 0 Å². The van der Waals surface area contributed by atoms with Crippen molar-refractivity contribution in [2.45, 2.75) is 19.3 Å². The van der Waals surface area contributed by atoms with Crippen LogP contribution in [0.2, 0.25) is 0 Å². The molecule has 0 bridgehead atoms. The van der Waals surface area contributed by atoms with Gasteiger partial charge in [-0.3, -0.25) is 0 Å². The van der Waals surface area contributed by atoms with E-state index in [9.17, 15) is 0 Å². The average Bonchev–Trinajstić information content (AvgIpc) is 3.45. The lowest BCUT2D eigenvalue weighted by Crippen LogP contribution is -2.16. The molecule has 0 radical (unpaired) electrons. The zero-order valence-electron chi connectivity index (χ0n) is 22.6. The third-order valence-corrected chi connectivity index (χ3v) is 9.32. The van der Waals surface area contributed by atoms with Gasteiger partial charge in [-0.05, 0) is 84.9 Å². The molecule has 1 nitrogen and oxygen atoms in total. The van der Waals surface area contributed by atoms with E-state index in [-0.39, 0.29) is 5.41 Å². The Morgan fingerprint density at radius 1 is 0.450 bits per heavy atom. The van der Waals surface area contributed by atoms with E-state index in [0.29, 0.717) is 0 Å². The zero-order chi connectivity index (χ0) is 26.6. The summed E-state index contributed by atoms with van der Waals surface area (Å²) in [6, 6.07) is 47.2. The molecule has 0 spiro atoms. The third-order valence-electron chi connectivity index (χ3n) is 9.32. The Labute approximate surface area is 232 Å². The van der Waals surface area contributed by atoms with E-state index in [1.54, 1.807) is 0 Å². The van der Waals surface area contributed by atoms with Crippen molar-refractivity contribution in [3.63, 3.8) is 0 Å². The summed E-state index contributed by atoms with van der Waals surface area (Å²) in [4.78, 5) is 0. The molecule has 7 aromatic carbocycles. The topological polar surface area (TPSA) is 4.93 Å². The largest absolute Gasteiger partial charge is 0.309 e. The molecule has 0 saturated carbocycles. The third kappa shape index (κ3) is 2.67. The molecular formula is C39H27N. The zero-order valence-corrected chi connectivity index (χ0v) is 22.6. The molecule has 1 aliphatic carbocycles. The van der Waals surface area contributed by atoms with Crippen LogP contribution in [-0.2, 0) is 5.41 Å². The summed E-state index contributed by atoms with van der Waals surface area (Å²) in [5, 5.41) is 10.6. The number of hydrogen-bond donors (Lipinski definition) is 0. The monoisotopic (exact) mass is 509 g/mol. The fraction of sp³-hybridized carbons (Fsp3) is 0.0769. The second-order valence-corrected chi connectivity index (χ2v) is 11.7. The lowest BCUT2D eigenvalue weighted by molar-refractivity contribution is 0.665. The van der Waals surface area contributed by atoms with Gasteiger partial charge < -0.3 is 4.57 Å². The highest BCUT2D eigenvalue weighted by molar-refractivity contribution is 6.26. The smallest absolute Gasteiger partial charge is 0.0588 e. The van der Waals surface area contributed by atoms with E-state index in [0.717, 1.165) is 0 Å². The molecule has 0 fully saturated rings. The van der Waals surface area contributed by atoms with Crippen molar-refractivity contribution in [3.8, 4) is 16.8 Å². The van der Waals surface area contributed by atoms with Gasteiger partial charge in [0, 0.05) is 21.9 Å². The second kappa shape index (κ2) is 7.61. The second-order valence-electron chi connectivity index (χ2n) is 11.7. The van der Waals surface area contributed by atoms with Crippen molar-refractivity contribution in [3.05, 3.63) is 139 Å². The lowest BCUT2D eigenvalue weighted by atomic mass is 9.80. The molecule has 0 saturated heterocycles. The summed E-state index contributed by atoms with van der Waals surface area (Å²) in [7, 11) is 0. The molecule has 0 atom stereocenters. The summed E-state index contributed by atoms with van der Waals surface area (Å²) in [6.07, 6.45) is 0. The quantitative estimate of drug-likeness (QED) is 0.194. The Morgan fingerprint density at radius 3 is 1.68 bits per heavy atom. The van der Waals surface area contributed by atoms with Gasteiger partial charge >= 0.3 is 0 Å². The Morgan fingerprint density at radius 2 is 1.00 bits per heavy atom. The Balaban J connectivity index is 1.46. The molecule has 1 heteroatoms. The van der Waals surface area contributed by atoms with Crippen molar-refractivity contribution in [2.24, 2.45) is 0 Å². The molecule has 0 N–H and O–H groups in total. The predicted octanol–water partition coefficient (Wildman–Crippen LogP) is 10.5. The first-order valence-electron chi connectivity index (χ1n) is 14.1. The molecule has 1 aromatic heterocycles. The van der Waals surface area contributed by atoms with Crippen LogP contribution in [0, 0.1) is 0 Å². The molecule has 0 amide bonds. The number of rotatable bonds is 1. The standard InChI is InChI=1S/C39H27N/c1-39(2)35-23-33-28-17-9-7-15-26(28)25-14-6-8-16-27(25)32(33)22-34(35)30-20-21-31-29-18-10-11-19-36(29)40(38(31)37(30)39)24-12-4-3-5-13-24/h3-23H,1-2H3. The first kappa shape index (κ1) is 22.0. The SMILES string of the molecule is CC1(C)c2cc3c4ccccc4c4ccccc4c3cc2-c2ccc3c4ccccc4n(-c4ccccc4)c3c21. The van der Waals surface area contributed by atoms with E-state index in [1.807, 2.05) is 0 Å². The van der Waals surface area contributed by atoms with Crippen LogP contribution in [0.15, 0.2) is 127 Å². The van der Waals surface area contributed by atoms with Gasteiger partial charge in [-0.25, -0.2) is 0 Å². The van der Waals surface area contributed by atoms with Crippen LogP contribution in [0.25, 0.3) is 70.9 Å². The maximum absolute atomic E-state index is 2.50. The van der Waals surface area contributed by atoms with Gasteiger partial charge in [-0.1, -0.05) is 111 Å². The summed E-state index contributed by atoms with van der Waals surface area (Å²) in [6.45, 7) is 4.83. The maximum Gasteiger partial charge on any atom is 0.0588 e. The van der Waals surface area contributed by atoms with Crippen LogP contribution in [0.4, 0.5) is 0 Å². The lowest BCUT2D eigenvalue weighted by Gasteiger charge is -2.24. The van der Waals surface area contributed by atoms with Gasteiger partial charge in [0.15, 0.2) is 0 Å². The fourth-order valence-electron chi connectivity index (χ4n) is 7.59. The molecule has 9 rings (SSSR count). The van der Waals surface area contributed by atoms with Gasteiger partial charge in [0.2, 0.25) is 0 Å². The highest BCUT2D eigenvalue weighted by atomic mass is 15.0. The molecule has 0 aliphatic heterocycles. The molecule has 40 heavy (non-hydrogen) atoms. The summed E-state index contributed by atoms with van der Waals surface area (Å²) >= 11 is 0. The summed E-state index contributed by atoms with van der Waals surface area (Å²) in [5.41, 5.74) is 9.17. The van der Waals surface area contributed by atoms with E-state index >= 15 is 0 Å². The van der Waals surface area contributed by atoms with Crippen molar-refractivity contribution >= 4 is 54.1 Å². The minimum Gasteiger partial charge on any atom is -0.309 e. The molecular weight excluding hydrogens is 482 g/mol. The van der Waals surface area contributed by atoms with Crippen molar-refractivity contribution < 1.29 is 0 Å². The molecule has 188 valence electrons. The van der Waals surface area contributed by atoms with Gasteiger partial charge in [-0.2, -0.15) is 0 Å². The number of nitrogens with zero attached hydrogens (tertiary/aromatic N) is 1. The molecule has 8 aromatic rings. The van der Waals surface area contributed by atoms with Gasteiger partial charge in [0.25, 0.3) is 0 Å². The number of para-hydroxylation sites is 2. The molecule has 1 aliphatic rings. The van der Waals surface area contributed by atoms with Crippen LogP contribution >= 0.6 is 0 Å². The van der Waals surface area contributed by atoms with E-state index in [4.69, 9.17) is 0 Å². The van der Waals surface area contributed by atoms with Crippen molar-refractivity contribution in [2.75, 3.05) is 0 Å². The van der Waals surface area contributed by atoms with Crippen molar-refractivity contribution in [1.29, 1.82) is 0 Å². The van der Waals surface area contributed by atoms with Crippen LogP contribution in [0.3, 0.4) is 0 Å². The number of fused-ring (bicyclic) bond motifs is 13. The minimum atomic E-state index is -0.161. The summed E-state index contributed by atoms with van der Waals surface area (Å²) in [5.74, 6) is 0. The minimum absolute atomic E-state index is 0.161. The number of hydrogen-bond acceptors (Lipinski definition) is 0. The normalized spacial score (nSPS) is 13.9. The predicted molar refractivity (Wildman–Crippen MR) is 171 cm³/mol. The van der Waals surface area contributed by atoms with Gasteiger partial charge in [0.05, 0.1) is 11.0 Å². The van der Waals surface area contributed by atoms with Crippen LogP contribution < -0.4 is 0 Å². The Kier molecular flexibility index (Phi) is 4.18. The van der Waals surface area contributed by atoms with Crippen LogP contribution in [-0.4, -0.2) is 4.57 Å². The van der Waals surface area contributed by atoms with Crippen molar-refractivity contribution in [1.82, 2.24) is 4.57 Å². The van der Waals surface area contributed by atoms with E-state index in [2.05, 4.69) is 146 Å². The van der Waals surface area contributed by atoms with Gasteiger partial charge in [-0.15, -0.1) is 0 Å². The number of benzene rings is 7.